The largest absolute Gasteiger partial charge is 0.396 e. The van der Waals surface area contributed by atoms with Crippen LogP contribution in [0.1, 0.15) is 31.2 Å². The molecule has 0 heterocycles. The van der Waals surface area contributed by atoms with E-state index in [-0.39, 0.29) is 12.5 Å². The van der Waals surface area contributed by atoms with Crippen LogP contribution in [0.5, 0.6) is 0 Å². The van der Waals surface area contributed by atoms with E-state index in [0.29, 0.717) is 5.71 Å². The molecule has 2 N–H and O–H groups in total. The molecule has 0 aliphatic heterocycles. The average Bonchev–Trinajstić information content (AvgIpc) is 2.20. The fourth-order valence-electron chi connectivity index (χ4n) is 1.48. The first-order valence-corrected chi connectivity index (χ1v) is 4.94. The second-order valence-electron chi connectivity index (χ2n) is 3.61. The smallest absolute Gasteiger partial charge is 0.0499 e. The van der Waals surface area contributed by atoms with Gasteiger partial charge in [0.25, 0.3) is 0 Å². The third-order valence-electron chi connectivity index (χ3n) is 2.36. The molecule has 0 amide bonds. The standard InChI is InChI=1S/C12H17NO/c1-10(13)7-8-12(9-14)11-5-3-2-4-6-11/h2-6,12-14H,7-9H2,1H3/t12-/m0/s1. The molecule has 0 bridgehead atoms. The van der Waals surface area contributed by atoms with Gasteiger partial charge in [-0.1, -0.05) is 30.3 Å². The molecule has 0 unspecified atom stereocenters. The Labute approximate surface area is 85.1 Å². The molecule has 1 atom stereocenters. The fraction of sp³-hybridized carbons (Fsp3) is 0.417. The van der Waals surface area contributed by atoms with Crippen LogP contribution in [0.3, 0.4) is 0 Å². The lowest BCUT2D eigenvalue weighted by Gasteiger charge is -2.13. The van der Waals surface area contributed by atoms with Crippen molar-refractivity contribution in [3.05, 3.63) is 35.9 Å². The van der Waals surface area contributed by atoms with Crippen molar-refractivity contribution >= 4 is 5.71 Å². The van der Waals surface area contributed by atoms with Crippen molar-refractivity contribution in [2.24, 2.45) is 0 Å². The van der Waals surface area contributed by atoms with Gasteiger partial charge in [-0.05, 0) is 25.3 Å². The molecule has 0 radical (unpaired) electrons. The SMILES string of the molecule is CC(=N)CC[C@@H](CO)c1ccccc1. The number of hydrogen-bond acceptors (Lipinski definition) is 2. The van der Waals surface area contributed by atoms with Crippen LogP contribution < -0.4 is 0 Å². The van der Waals surface area contributed by atoms with Crippen molar-refractivity contribution in [1.29, 1.82) is 5.41 Å². The first-order chi connectivity index (χ1) is 6.74. The molecule has 1 rings (SSSR count). The molecule has 0 aromatic heterocycles. The molecule has 0 saturated carbocycles. The van der Waals surface area contributed by atoms with Crippen molar-refractivity contribution in [1.82, 2.24) is 0 Å². The van der Waals surface area contributed by atoms with E-state index in [4.69, 9.17) is 5.41 Å². The summed E-state index contributed by atoms with van der Waals surface area (Å²) in [5.41, 5.74) is 1.84. The van der Waals surface area contributed by atoms with Crippen molar-refractivity contribution in [2.45, 2.75) is 25.7 Å². The molecule has 2 heteroatoms. The van der Waals surface area contributed by atoms with Crippen LogP contribution in [0.2, 0.25) is 0 Å². The number of aliphatic hydroxyl groups is 1. The predicted octanol–water partition coefficient (Wildman–Crippen LogP) is 2.58. The first-order valence-electron chi connectivity index (χ1n) is 4.94. The van der Waals surface area contributed by atoms with E-state index in [1.807, 2.05) is 30.3 Å². The zero-order valence-corrected chi connectivity index (χ0v) is 8.53. The normalized spacial score (nSPS) is 12.4. The Morgan fingerprint density at radius 1 is 1.36 bits per heavy atom. The number of nitrogens with one attached hydrogen (secondary N) is 1. The molecule has 2 nitrogen and oxygen atoms in total. The van der Waals surface area contributed by atoms with Crippen molar-refractivity contribution in [2.75, 3.05) is 6.61 Å². The summed E-state index contributed by atoms with van der Waals surface area (Å²) in [6.45, 7) is 1.97. The zero-order chi connectivity index (χ0) is 10.4. The molecule has 76 valence electrons. The highest BCUT2D eigenvalue weighted by atomic mass is 16.3. The van der Waals surface area contributed by atoms with Gasteiger partial charge in [0.05, 0.1) is 0 Å². The molecular formula is C12H17NO. The minimum absolute atomic E-state index is 0.164. The number of aliphatic hydroxyl groups excluding tert-OH is 1. The molecule has 0 aliphatic carbocycles. The molecule has 0 aliphatic rings. The fourth-order valence-corrected chi connectivity index (χ4v) is 1.48. The highest BCUT2D eigenvalue weighted by Gasteiger charge is 2.09. The maximum atomic E-state index is 9.22. The Kier molecular flexibility index (Phi) is 4.33. The average molecular weight is 191 g/mol. The molecule has 14 heavy (non-hydrogen) atoms. The predicted molar refractivity (Wildman–Crippen MR) is 58.9 cm³/mol. The summed E-state index contributed by atoms with van der Waals surface area (Å²) in [6, 6.07) is 9.99. The topological polar surface area (TPSA) is 44.1 Å². The lowest BCUT2D eigenvalue weighted by atomic mass is 9.94. The summed E-state index contributed by atoms with van der Waals surface area (Å²) in [6.07, 6.45) is 1.62. The third kappa shape index (κ3) is 3.30. The second-order valence-corrected chi connectivity index (χ2v) is 3.61. The minimum Gasteiger partial charge on any atom is -0.396 e. The van der Waals surface area contributed by atoms with Gasteiger partial charge < -0.3 is 10.5 Å². The van der Waals surface area contributed by atoms with Crippen LogP contribution in [0.15, 0.2) is 30.3 Å². The van der Waals surface area contributed by atoms with E-state index in [1.165, 1.54) is 0 Å². The van der Waals surface area contributed by atoms with Crippen LogP contribution in [0.4, 0.5) is 0 Å². The Bertz CT molecular complexity index is 282. The van der Waals surface area contributed by atoms with E-state index in [0.717, 1.165) is 18.4 Å². The Hall–Kier alpha value is -1.15. The van der Waals surface area contributed by atoms with Crippen molar-refractivity contribution in [3.8, 4) is 0 Å². The minimum atomic E-state index is 0.164. The number of hydrogen-bond donors (Lipinski definition) is 2. The zero-order valence-electron chi connectivity index (χ0n) is 8.53. The van der Waals surface area contributed by atoms with Crippen LogP contribution in [-0.2, 0) is 0 Å². The molecule has 0 fully saturated rings. The monoisotopic (exact) mass is 191 g/mol. The Morgan fingerprint density at radius 3 is 2.50 bits per heavy atom. The van der Waals surface area contributed by atoms with Gasteiger partial charge in [-0.3, -0.25) is 0 Å². The third-order valence-corrected chi connectivity index (χ3v) is 2.36. The van der Waals surface area contributed by atoms with Gasteiger partial charge in [-0.2, -0.15) is 0 Å². The van der Waals surface area contributed by atoms with Crippen molar-refractivity contribution in [3.63, 3.8) is 0 Å². The maximum absolute atomic E-state index is 9.22. The summed E-state index contributed by atoms with van der Waals surface area (Å²) >= 11 is 0. The molecule has 0 saturated heterocycles. The van der Waals surface area contributed by atoms with Gasteiger partial charge in [-0.25, -0.2) is 0 Å². The van der Waals surface area contributed by atoms with E-state index in [2.05, 4.69) is 0 Å². The maximum Gasteiger partial charge on any atom is 0.0499 e. The molecule has 0 spiro atoms. The van der Waals surface area contributed by atoms with E-state index in [1.54, 1.807) is 6.92 Å². The molecular weight excluding hydrogens is 174 g/mol. The van der Waals surface area contributed by atoms with Gasteiger partial charge >= 0.3 is 0 Å². The van der Waals surface area contributed by atoms with E-state index >= 15 is 0 Å². The summed E-state index contributed by atoms with van der Waals surface area (Å²) in [4.78, 5) is 0. The number of rotatable bonds is 5. The summed E-state index contributed by atoms with van der Waals surface area (Å²) in [5, 5.41) is 16.6. The summed E-state index contributed by atoms with van der Waals surface area (Å²) < 4.78 is 0. The van der Waals surface area contributed by atoms with Gasteiger partial charge in [0, 0.05) is 18.2 Å². The lowest BCUT2D eigenvalue weighted by Crippen LogP contribution is -2.05. The Morgan fingerprint density at radius 2 is 2.00 bits per heavy atom. The van der Waals surface area contributed by atoms with Gasteiger partial charge in [-0.15, -0.1) is 0 Å². The van der Waals surface area contributed by atoms with Gasteiger partial charge in [0.2, 0.25) is 0 Å². The lowest BCUT2D eigenvalue weighted by molar-refractivity contribution is 0.260. The summed E-state index contributed by atoms with van der Waals surface area (Å²) in [7, 11) is 0. The highest BCUT2D eigenvalue weighted by Crippen LogP contribution is 2.20. The van der Waals surface area contributed by atoms with Crippen LogP contribution >= 0.6 is 0 Å². The second kappa shape index (κ2) is 5.55. The van der Waals surface area contributed by atoms with Gasteiger partial charge in [0.1, 0.15) is 0 Å². The van der Waals surface area contributed by atoms with E-state index < -0.39 is 0 Å². The summed E-state index contributed by atoms with van der Waals surface area (Å²) in [5.74, 6) is 0.177. The van der Waals surface area contributed by atoms with Crippen molar-refractivity contribution < 1.29 is 5.11 Å². The quantitative estimate of drug-likeness (QED) is 0.690. The van der Waals surface area contributed by atoms with Gasteiger partial charge in [0.15, 0.2) is 0 Å². The van der Waals surface area contributed by atoms with Crippen LogP contribution in [0, 0.1) is 5.41 Å². The molecule has 1 aromatic rings. The van der Waals surface area contributed by atoms with E-state index in [9.17, 15) is 5.11 Å². The number of benzene rings is 1. The first kappa shape index (κ1) is 10.9. The Balaban J connectivity index is 2.58. The molecule has 1 aromatic carbocycles. The highest BCUT2D eigenvalue weighted by molar-refractivity contribution is 5.78. The van der Waals surface area contributed by atoms with Crippen LogP contribution in [-0.4, -0.2) is 17.4 Å². The van der Waals surface area contributed by atoms with Crippen LogP contribution in [0.25, 0.3) is 0 Å².